The summed E-state index contributed by atoms with van der Waals surface area (Å²) < 4.78 is 20.2. The van der Waals surface area contributed by atoms with Crippen molar-refractivity contribution in [1.82, 2.24) is 0 Å². The summed E-state index contributed by atoms with van der Waals surface area (Å²) in [5, 5.41) is 17.3. The van der Waals surface area contributed by atoms with Gasteiger partial charge in [-0.25, -0.2) is 9.59 Å². The molecule has 2 unspecified atom stereocenters. The minimum atomic E-state index is -0.976. The maximum atomic E-state index is 10.5. The molecule has 8 nitrogen and oxygen atoms in total. The van der Waals surface area contributed by atoms with Gasteiger partial charge in [0.25, 0.3) is 0 Å². The first-order chi connectivity index (χ1) is 14.3. The Balaban J connectivity index is 0.000000300. The van der Waals surface area contributed by atoms with Crippen LogP contribution in [-0.4, -0.2) is 48.6 Å². The molecule has 0 spiro atoms. The number of benzene rings is 2. The van der Waals surface area contributed by atoms with Gasteiger partial charge >= 0.3 is 11.9 Å². The minimum absolute atomic E-state index is 0.536. The molecule has 2 aromatic carbocycles. The van der Waals surface area contributed by atoms with E-state index in [-0.39, 0.29) is 0 Å². The first-order valence-electron chi connectivity index (χ1n) is 9.21. The van der Waals surface area contributed by atoms with E-state index in [4.69, 9.17) is 29.2 Å². The highest BCUT2D eigenvalue weighted by atomic mass is 16.5. The van der Waals surface area contributed by atoms with Crippen LogP contribution in [0.4, 0.5) is 0 Å². The largest absolute Gasteiger partial charge is 0.479 e. The van der Waals surface area contributed by atoms with Crippen molar-refractivity contribution in [1.29, 1.82) is 0 Å². The lowest BCUT2D eigenvalue weighted by molar-refractivity contribution is -0.145. The van der Waals surface area contributed by atoms with E-state index in [1.165, 1.54) is 13.8 Å². The van der Waals surface area contributed by atoms with Crippen molar-refractivity contribution in [2.24, 2.45) is 0 Å². The molecule has 2 rings (SSSR count). The van der Waals surface area contributed by atoms with Crippen molar-refractivity contribution in [2.75, 3.05) is 14.2 Å². The van der Waals surface area contributed by atoms with E-state index in [0.717, 1.165) is 11.1 Å². The Morgan fingerprint density at radius 2 is 1.00 bits per heavy atom. The van der Waals surface area contributed by atoms with E-state index < -0.39 is 24.1 Å². The van der Waals surface area contributed by atoms with Gasteiger partial charge in [0.15, 0.2) is 12.2 Å². The summed E-state index contributed by atoms with van der Waals surface area (Å²) in [6, 6.07) is 14.3. The highest BCUT2D eigenvalue weighted by molar-refractivity contribution is 5.72. The fourth-order valence-electron chi connectivity index (χ4n) is 2.17. The molecular weight excluding hydrogens is 392 g/mol. The van der Waals surface area contributed by atoms with E-state index in [0.29, 0.717) is 24.7 Å². The second-order valence-corrected chi connectivity index (χ2v) is 6.35. The van der Waals surface area contributed by atoms with E-state index >= 15 is 0 Å². The van der Waals surface area contributed by atoms with Gasteiger partial charge in [-0.15, -0.1) is 0 Å². The van der Waals surface area contributed by atoms with Crippen molar-refractivity contribution < 1.29 is 38.7 Å². The van der Waals surface area contributed by atoms with Gasteiger partial charge in [0.2, 0.25) is 0 Å². The van der Waals surface area contributed by atoms with Crippen LogP contribution in [-0.2, 0) is 32.3 Å². The van der Waals surface area contributed by atoms with E-state index in [1.54, 1.807) is 38.5 Å². The average Bonchev–Trinajstić information content (AvgIpc) is 2.71. The Hall–Kier alpha value is -3.10. The molecule has 0 bridgehead atoms. The van der Waals surface area contributed by atoms with Crippen LogP contribution in [0.3, 0.4) is 0 Å². The van der Waals surface area contributed by atoms with Gasteiger partial charge < -0.3 is 29.2 Å². The number of hydrogen-bond acceptors (Lipinski definition) is 6. The van der Waals surface area contributed by atoms with Crippen LogP contribution in [0.25, 0.3) is 0 Å². The molecule has 164 valence electrons. The average molecular weight is 420 g/mol. The number of methoxy groups -OCH3 is 2. The van der Waals surface area contributed by atoms with Gasteiger partial charge in [0.1, 0.15) is 11.5 Å². The quantitative estimate of drug-likeness (QED) is 0.602. The molecular formula is C22H28O8. The number of ether oxygens (including phenoxy) is 4. The number of carbonyl (C=O) groups is 2. The molecule has 0 radical (unpaired) electrons. The van der Waals surface area contributed by atoms with Crippen molar-refractivity contribution in [2.45, 2.75) is 39.3 Å². The summed E-state index contributed by atoms with van der Waals surface area (Å²) in [4.78, 5) is 21.1. The van der Waals surface area contributed by atoms with E-state index in [2.05, 4.69) is 0 Å². The summed E-state index contributed by atoms with van der Waals surface area (Å²) in [5.41, 5.74) is 2.04. The summed E-state index contributed by atoms with van der Waals surface area (Å²) in [7, 11) is 3.24. The smallest absolute Gasteiger partial charge is 0.344 e. The van der Waals surface area contributed by atoms with Crippen molar-refractivity contribution in [3.05, 3.63) is 59.7 Å². The third-order valence-electron chi connectivity index (χ3n) is 3.79. The van der Waals surface area contributed by atoms with Gasteiger partial charge in [-0.1, -0.05) is 24.3 Å². The lowest BCUT2D eigenvalue weighted by Crippen LogP contribution is -2.22. The Labute approximate surface area is 176 Å². The van der Waals surface area contributed by atoms with Crippen molar-refractivity contribution in [3.63, 3.8) is 0 Å². The molecule has 2 N–H and O–H groups in total. The number of carboxylic acids is 2. The summed E-state index contributed by atoms with van der Waals surface area (Å²) in [6.45, 7) is 4.06. The minimum Gasteiger partial charge on any atom is -0.479 e. The molecule has 0 aliphatic rings. The Morgan fingerprint density at radius 3 is 1.23 bits per heavy atom. The van der Waals surface area contributed by atoms with Gasteiger partial charge in [-0.2, -0.15) is 0 Å². The SMILES string of the molecule is COCc1ccc(OC(C)C(=O)O)cc1.COCc1ccc(OC(C)C(=O)O)cc1. The maximum Gasteiger partial charge on any atom is 0.344 e. The van der Waals surface area contributed by atoms with Crippen molar-refractivity contribution in [3.8, 4) is 11.5 Å². The highest BCUT2D eigenvalue weighted by Crippen LogP contribution is 2.15. The monoisotopic (exact) mass is 420 g/mol. The summed E-state index contributed by atoms with van der Waals surface area (Å²) >= 11 is 0. The van der Waals surface area contributed by atoms with E-state index in [9.17, 15) is 9.59 Å². The second kappa shape index (κ2) is 13.2. The third-order valence-corrected chi connectivity index (χ3v) is 3.79. The zero-order chi connectivity index (χ0) is 22.5. The predicted octanol–water partition coefficient (Wildman–Crippen LogP) is 3.37. The van der Waals surface area contributed by atoms with Crippen LogP contribution in [0.2, 0.25) is 0 Å². The van der Waals surface area contributed by atoms with Crippen molar-refractivity contribution >= 4 is 11.9 Å². The molecule has 0 aliphatic heterocycles. The number of aliphatic carboxylic acids is 2. The normalized spacial score (nSPS) is 12.1. The van der Waals surface area contributed by atoms with Crippen LogP contribution >= 0.6 is 0 Å². The molecule has 0 heterocycles. The lowest BCUT2D eigenvalue weighted by Gasteiger charge is -2.10. The molecule has 2 aromatic rings. The predicted molar refractivity (Wildman–Crippen MR) is 110 cm³/mol. The van der Waals surface area contributed by atoms with Crippen LogP contribution in [0.15, 0.2) is 48.5 Å². The molecule has 0 aromatic heterocycles. The Morgan fingerprint density at radius 1 is 0.700 bits per heavy atom. The van der Waals surface area contributed by atoms with Crippen LogP contribution in [0, 0.1) is 0 Å². The van der Waals surface area contributed by atoms with Gasteiger partial charge in [-0.05, 0) is 49.2 Å². The maximum absolute atomic E-state index is 10.5. The van der Waals surface area contributed by atoms with Gasteiger partial charge in [0, 0.05) is 14.2 Å². The Kier molecular flexibility index (Phi) is 11.0. The van der Waals surface area contributed by atoms with Crippen LogP contribution < -0.4 is 9.47 Å². The first kappa shape index (κ1) is 24.9. The van der Waals surface area contributed by atoms with Crippen LogP contribution in [0.1, 0.15) is 25.0 Å². The second-order valence-electron chi connectivity index (χ2n) is 6.35. The standard InChI is InChI=1S/2C11H14O4/c2*1-8(11(12)13)15-10-5-3-9(4-6-10)7-14-2/h2*3-6,8H,7H2,1-2H3,(H,12,13). The van der Waals surface area contributed by atoms with Gasteiger partial charge in [0.05, 0.1) is 13.2 Å². The molecule has 2 atom stereocenters. The number of carboxylic acid groups (broad SMARTS) is 2. The highest BCUT2D eigenvalue weighted by Gasteiger charge is 2.12. The fraction of sp³-hybridized carbons (Fsp3) is 0.364. The topological polar surface area (TPSA) is 112 Å². The fourth-order valence-corrected chi connectivity index (χ4v) is 2.17. The molecule has 30 heavy (non-hydrogen) atoms. The summed E-state index contributed by atoms with van der Waals surface area (Å²) in [5.74, 6) is -0.860. The Bertz CT molecular complexity index is 703. The molecule has 0 saturated carbocycles. The molecule has 0 aliphatic carbocycles. The zero-order valence-electron chi connectivity index (χ0n) is 17.5. The molecule has 0 saturated heterocycles. The molecule has 0 amide bonds. The molecule has 0 fully saturated rings. The zero-order valence-corrected chi connectivity index (χ0v) is 17.5. The van der Waals surface area contributed by atoms with Gasteiger partial charge in [-0.3, -0.25) is 0 Å². The molecule has 8 heteroatoms. The summed E-state index contributed by atoms with van der Waals surface area (Å²) in [6.07, 6.45) is -1.67. The van der Waals surface area contributed by atoms with Crippen LogP contribution in [0.5, 0.6) is 11.5 Å². The lowest BCUT2D eigenvalue weighted by atomic mass is 10.2. The number of rotatable bonds is 10. The first-order valence-corrected chi connectivity index (χ1v) is 9.21. The number of hydrogen-bond donors (Lipinski definition) is 2. The van der Waals surface area contributed by atoms with E-state index in [1.807, 2.05) is 24.3 Å². The third kappa shape index (κ3) is 9.40.